The minimum atomic E-state index is -1.89. The summed E-state index contributed by atoms with van der Waals surface area (Å²) < 4.78 is 20.0. The molecule has 1 aliphatic rings. The number of aryl methyl sites for hydroxylation is 1. The number of carbonyl (C=O) groups excluding carboxylic acids is 1. The summed E-state index contributed by atoms with van der Waals surface area (Å²) >= 11 is 2.39. The molecule has 0 unspecified atom stereocenters. The lowest BCUT2D eigenvalue weighted by Crippen LogP contribution is -2.45. The third-order valence-corrected chi connectivity index (χ3v) is 12.1. The SMILES string of the molecule is COC(=O)n1c(CCC2=NCC[C@@H]2O[Si](C)(C)C(C)(C)C)c(CCI)c2cc(OC)ccc21. The first-order valence-electron chi connectivity index (χ1n) is 11.6. The smallest absolute Gasteiger partial charge is 0.418 e. The van der Waals surface area contributed by atoms with Gasteiger partial charge in [-0.2, -0.15) is 0 Å². The van der Waals surface area contributed by atoms with Crippen molar-refractivity contribution in [1.29, 1.82) is 0 Å². The quantitative estimate of drug-likeness (QED) is 0.205. The highest BCUT2D eigenvalue weighted by Crippen LogP contribution is 2.39. The van der Waals surface area contributed by atoms with E-state index in [1.54, 1.807) is 11.7 Å². The Morgan fingerprint density at radius 2 is 1.94 bits per heavy atom. The van der Waals surface area contributed by atoms with Crippen LogP contribution >= 0.6 is 22.6 Å². The Hall–Kier alpha value is -1.39. The Morgan fingerprint density at radius 1 is 1.21 bits per heavy atom. The number of aliphatic imine (C=N–C) groups is 1. The molecule has 0 fully saturated rings. The highest BCUT2D eigenvalue weighted by Gasteiger charge is 2.40. The molecule has 0 N–H and O–H groups in total. The van der Waals surface area contributed by atoms with Crippen molar-refractivity contribution in [1.82, 2.24) is 4.57 Å². The number of nitrogens with zero attached hydrogens (tertiary/aromatic N) is 2. The summed E-state index contributed by atoms with van der Waals surface area (Å²) in [7, 11) is 1.21. The van der Waals surface area contributed by atoms with E-state index in [-0.39, 0.29) is 17.2 Å². The van der Waals surface area contributed by atoms with Gasteiger partial charge in [0, 0.05) is 27.8 Å². The third-order valence-electron chi connectivity index (χ3n) is 7.03. The molecule has 1 atom stereocenters. The second-order valence-corrected chi connectivity index (χ2v) is 15.9. The van der Waals surface area contributed by atoms with Gasteiger partial charge in [0.25, 0.3) is 0 Å². The van der Waals surface area contributed by atoms with Crippen molar-refractivity contribution in [2.45, 2.75) is 70.7 Å². The molecule has 1 aliphatic heterocycles. The van der Waals surface area contributed by atoms with Crippen molar-refractivity contribution in [3.05, 3.63) is 29.5 Å². The molecule has 0 saturated carbocycles. The van der Waals surface area contributed by atoms with Gasteiger partial charge in [0.15, 0.2) is 8.32 Å². The molecule has 1 aromatic carbocycles. The van der Waals surface area contributed by atoms with Gasteiger partial charge in [0.2, 0.25) is 0 Å². The molecule has 2 aromatic rings. The molecule has 2 heterocycles. The van der Waals surface area contributed by atoms with Crippen LogP contribution in [0.2, 0.25) is 18.1 Å². The fourth-order valence-corrected chi connectivity index (χ4v) is 6.05. The van der Waals surface area contributed by atoms with Crippen LogP contribution in [-0.2, 0) is 22.0 Å². The second kappa shape index (κ2) is 10.5. The van der Waals surface area contributed by atoms with Crippen molar-refractivity contribution < 1.29 is 18.7 Å². The average Bonchev–Trinajstić information content (AvgIpc) is 3.32. The fraction of sp³-hybridized carbons (Fsp3) is 0.600. The number of hydrogen-bond acceptors (Lipinski definition) is 5. The standard InChI is InChI=1S/C25H37IN2O4Si/c1-25(2,3)33(6,7)32-23-13-15-27-20(23)9-11-21-18(12-14-26)19-16-17(30-4)8-10-22(19)28(21)24(29)31-5/h8,10,16,23H,9,11-15H2,1-7H3/t23-/m0/s1. The van der Waals surface area contributed by atoms with Crippen molar-refractivity contribution in [2.24, 2.45) is 4.99 Å². The van der Waals surface area contributed by atoms with Crippen molar-refractivity contribution >= 4 is 53.6 Å². The third kappa shape index (κ3) is 5.48. The van der Waals surface area contributed by atoms with Crippen LogP contribution < -0.4 is 4.74 Å². The van der Waals surface area contributed by atoms with Gasteiger partial charge in [-0.05, 0) is 67.6 Å². The van der Waals surface area contributed by atoms with Crippen LogP contribution in [0, 0.1) is 0 Å². The molecule has 0 amide bonds. The zero-order chi connectivity index (χ0) is 24.4. The minimum absolute atomic E-state index is 0.0787. The van der Waals surface area contributed by atoms with Crippen LogP contribution in [0.5, 0.6) is 5.75 Å². The van der Waals surface area contributed by atoms with E-state index in [2.05, 4.69) is 56.5 Å². The average molecular weight is 585 g/mol. The first-order chi connectivity index (χ1) is 15.5. The van der Waals surface area contributed by atoms with E-state index in [1.165, 1.54) is 12.7 Å². The van der Waals surface area contributed by atoms with E-state index in [0.717, 1.165) is 58.3 Å². The van der Waals surface area contributed by atoms with E-state index in [9.17, 15) is 4.79 Å². The largest absolute Gasteiger partial charge is 0.497 e. The maximum Gasteiger partial charge on any atom is 0.418 e. The van der Waals surface area contributed by atoms with Gasteiger partial charge in [-0.1, -0.05) is 43.4 Å². The molecular formula is C25H37IN2O4Si. The summed E-state index contributed by atoms with van der Waals surface area (Å²) in [6, 6.07) is 5.86. The van der Waals surface area contributed by atoms with Crippen molar-refractivity contribution in [3.8, 4) is 5.75 Å². The molecule has 8 heteroatoms. The molecular weight excluding hydrogens is 547 g/mol. The predicted molar refractivity (Wildman–Crippen MR) is 146 cm³/mol. The van der Waals surface area contributed by atoms with Crippen molar-refractivity contribution in [2.75, 3.05) is 25.2 Å². The molecule has 0 bridgehead atoms. The second-order valence-electron chi connectivity index (χ2n) is 10.1. The van der Waals surface area contributed by atoms with Gasteiger partial charge in [-0.15, -0.1) is 0 Å². The summed E-state index contributed by atoms with van der Waals surface area (Å²) in [5, 5.41) is 1.21. The van der Waals surface area contributed by atoms with E-state index in [1.807, 2.05) is 18.2 Å². The van der Waals surface area contributed by atoms with E-state index in [0.29, 0.717) is 6.42 Å². The topological polar surface area (TPSA) is 62.1 Å². The first kappa shape index (κ1) is 26.2. The van der Waals surface area contributed by atoms with Crippen LogP contribution in [0.4, 0.5) is 4.79 Å². The number of alkyl halides is 1. The number of carbonyl (C=O) groups is 1. The monoisotopic (exact) mass is 584 g/mol. The molecule has 3 rings (SSSR count). The lowest BCUT2D eigenvalue weighted by atomic mass is 10.0. The Morgan fingerprint density at radius 3 is 2.55 bits per heavy atom. The summed E-state index contributed by atoms with van der Waals surface area (Å²) in [5.74, 6) is 0.786. The van der Waals surface area contributed by atoms with Gasteiger partial charge in [0.1, 0.15) is 5.75 Å². The number of benzene rings is 1. The van der Waals surface area contributed by atoms with Gasteiger partial charge in [-0.3, -0.25) is 4.99 Å². The highest BCUT2D eigenvalue weighted by molar-refractivity contribution is 14.1. The zero-order valence-electron chi connectivity index (χ0n) is 21.0. The zero-order valence-corrected chi connectivity index (χ0v) is 24.1. The number of fused-ring (bicyclic) bond motifs is 1. The van der Waals surface area contributed by atoms with Gasteiger partial charge in [0.05, 0.1) is 25.8 Å². The van der Waals surface area contributed by atoms with Crippen molar-refractivity contribution in [3.63, 3.8) is 0 Å². The Balaban J connectivity index is 1.95. The van der Waals surface area contributed by atoms with Gasteiger partial charge >= 0.3 is 6.09 Å². The summed E-state index contributed by atoms with van der Waals surface area (Å²) in [4.78, 5) is 17.7. The van der Waals surface area contributed by atoms with Crippen LogP contribution in [0.25, 0.3) is 10.9 Å². The van der Waals surface area contributed by atoms with Gasteiger partial charge in [-0.25, -0.2) is 9.36 Å². The maximum atomic E-state index is 12.8. The number of rotatable bonds is 8. The Bertz CT molecular complexity index is 1040. The van der Waals surface area contributed by atoms with Crippen LogP contribution in [0.1, 0.15) is 44.9 Å². The van der Waals surface area contributed by atoms with Crippen LogP contribution in [0.3, 0.4) is 0 Å². The highest BCUT2D eigenvalue weighted by atomic mass is 127. The fourth-order valence-electron chi connectivity index (χ4n) is 4.19. The molecule has 0 saturated heterocycles. The summed E-state index contributed by atoms with van der Waals surface area (Å²) in [6.45, 7) is 12.2. The number of halogens is 1. The molecule has 1 aromatic heterocycles. The molecule has 182 valence electrons. The van der Waals surface area contributed by atoms with E-state index >= 15 is 0 Å². The normalized spacial score (nSPS) is 16.8. The lowest BCUT2D eigenvalue weighted by Gasteiger charge is -2.38. The molecule has 33 heavy (non-hydrogen) atoms. The molecule has 0 spiro atoms. The number of ether oxygens (including phenoxy) is 2. The number of hydrogen-bond donors (Lipinski definition) is 0. The Labute approximate surface area is 212 Å². The predicted octanol–water partition coefficient (Wildman–Crippen LogP) is 6.41. The summed E-state index contributed by atoms with van der Waals surface area (Å²) in [6.07, 6.45) is 3.03. The first-order valence-corrected chi connectivity index (χ1v) is 16.0. The summed E-state index contributed by atoms with van der Waals surface area (Å²) in [5.41, 5.74) is 4.17. The number of methoxy groups -OCH3 is 2. The lowest BCUT2D eigenvalue weighted by molar-refractivity contribution is 0.173. The van der Waals surface area contributed by atoms with Gasteiger partial charge < -0.3 is 13.9 Å². The van der Waals surface area contributed by atoms with E-state index < -0.39 is 8.32 Å². The van der Waals surface area contributed by atoms with Crippen LogP contribution in [-0.4, -0.2) is 56.0 Å². The molecule has 0 aliphatic carbocycles. The molecule has 0 radical (unpaired) electrons. The minimum Gasteiger partial charge on any atom is -0.497 e. The van der Waals surface area contributed by atoms with Crippen LogP contribution in [0.15, 0.2) is 23.2 Å². The number of aromatic nitrogens is 1. The Kier molecular flexibility index (Phi) is 8.32. The van der Waals surface area contributed by atoms with E-state index in [4.69, 9.17) is 18.9 Å². The molecule has 6 nitrogen and oxygen atoms in total. The maximum absolute atomic E-state index is 12.8.